The van der Waals surface area contributed by atoms with Crippen LogP contribution in [0.1, 0.15) is 0 Å². The lowest BCUT2D eigenvalue weighted by atomic mass is 10.1. The summed E-state index contributed by atoms with van der Waals surface area (Å²) in [7, 11) is 1.63. The van der Waals surface area contributed by atoms with Crippen LogP contribution in [0.25, 0.3) is 10.9 Å². The van der Waals surface area contributed by atoms with E-state index in [2.05, 4.69) is 10.3 Å². The minimum Gasteiger partial charge on any atom is -0.497 e. The SMILES string of the molecule is COc1cc(N)cc(Nc2cccc3ncccc23)c1. The van der Waals surface area contributed by atoms with E-state index in [-0.39, 0.29) is 0 Å². The normalized spacial score (nSPS) is 10.4. The van der Waals surface area contributed by atoms with E-state index >= 15 is 0 Å². The first kappa shape index (κ1) is 12.3. The molecule has 0 saturated carbocycles. The number of hydrogen-bond donors (Lipinski definition) is 2. The van der Waals surface area contributed by atoms with Gasteiger partial charge in [0.15, 0.2) is 0 Å². The monoisotopic (exact) mass is 265 g/mol. The minimum atomic E-state index is 0.658. The zero-order valence-corrected chi connectivity index (χ0v) is 11.1. The largest absolute Gasteiger partial charge is 0.497 e. The van der Waals surface area contributed by atoms with Crippen molar-refractivity contribution < 1.29 is 4.74 Å². The Kier molecular flexibility index (Phi) is 3.13. The van der Waals surface area contributed by atoms with Gasteiger partial charge in [-0.1, -0.05) is 6.07 Å². The lowest BCUT2D eigenvalue weighted by Crippen LogP contribution is -1.95. The summed E-state index contributed by atoms with van der Waals surface area (Å²) in [5.74, 6) is 0.728. The summed E-state index contributed by atoms with van der Waals surface area (Å²) in [6, 6.07) is 15.5. The number of anilines is 3. The topological polar surface area (TPSA) is 60.2 Å². The van der Waals surface area contributed by atoms with Crippen molar-refractivity contribution in [2.45, 2.75) is 0 Å². The molecule has 100 valence electrons. The molecule has 1 aromatic heterocycles. The van der Waals surface area contributed by atoms with E-state index in [0.717, 1.165) is 28.0 Å². The molecule has 0 amide bonds. The highest BCUT2D eigenvalue weighted by Crippen LogP contribution is 2.28. The van der Waals surface area contributed by atoms with Gasteiger partial charge in [-0.05, 0) is 30.3 Å². The molecule has 0 spiro atoms. The molecule has 1 heterocycles. The number of hydrogen-bond acceptors (Lipinski definition) is 4. The fraction of sp³-hybridized carbons (Fsp3) is 0.0625. The number of benzene rings is 2. The Labute approximate surface area is 117 Å². The number of nitrogens with one attached hydrogen (secondary N) is 1. The number of rotatable bonds is 3. The van der Waals surface area contributed by atoms with Gasteiger partial charge in [0.1, 0.15) is 5.75 Å². The molecule has 0 atom stereocenters. The predicted octanol–water partition coefficient (Wildman–Crippen LogP) is 3.57. The Morgan fingerprint density at radius 3 is 2.85 bits per heavy atom. The third-order valence-corrected chi connectivity index (χ3v) is 3.09. The van der Waals surface area contributed by atoms with Gasteiger partial charge in [0.25, 0.3) is 0 Å². The molecular weight excluding hydrogens is 250 g/mol. The zero-order chi connectivity index (χ0) is 13.9. The first-order valence-electron chi connectivity index (χ1n) is 6.31. The van der Waals surface area contributed by atoms with Crippen LogP contribution < -0.4 is 15.8 Å². The van der Waals surface area contributed by atoms with Crippen molar-refractivity contribution >= 4 is 28.0 Å². The zero-order valence-electron chi connectivity index (χ0n) is 11.1. The molecule has 4 nitrogen and oxygen atoms in total. The number of ether oxygens (including phenoxy) is 1. The van der Waals surface area contributed by atoms with Gasteiger partial charge in [-0.15, -0.1) is 0 Å². The lowest BCUT2D eigenvalue weighted by molar-refractivity contribution is 0.415. The fourth-order valence-electron chi connectivity index (χ4n) is 2.18. The highest BCUT2D eigenvalue weighted by atomic mass is 16.5. The van der Waals surface area contributed by atoms with E-state index in [9.17, 15) is 0 Å². The molecule has 0 aliphatic carbocycles. The van der Waals surface area contributed by atoms with Crippen molar-refractivity contribution in [2.24, 2.45) is 0 Å². The van der Waals surface area contributed by atoms with Crippen LogP contribution in [0, 0.1) is 0 Å². The van der Waals surface area contributed by atoms with E-state index in [1.165, 1.54) is 0 Å². The quantitative estimate of drug-likeness (QED) is 0.711. The maximum atomic E-state index is 5.87. The van der Waals surface area contributed by atoms with Gasteiger partial charge < -0.3 is 15.8 Å². The van der Waals surface area contributed by atoms with Crippen LogP contribution >= 0.6 is 0 Å². The van der Waals surface area contributed by atoms with Crippen LogP contribution in [0.4, 0.5) is 17.1 Å². The molecule has 0 fully saturated rings. The molecular formula is C16H15N3O. The molecule has 0 unspecified atom stereocenters. The van der Waals surface area contributed by atoms with Crippen LogP contribution in [0.5, 0.6) is 5.75 Å². The molecule has 0 aliphatic heterocycles. The van der Waals surface area contributed by atoms with Crippen LogP contribution in [-0.2, 0) is 0 Å². The van der Waals surface area contributed by atoms with Crippen LogP contribution in [0.3, 0.4) is 0 Å². The van der Waals surface area contributed by atoms with Gasteiger partial charge in [0.05, 0.1) is 12.6 Å². The summed E-state index contributed by atoms with van der Waals surface area (Å²) in [5.41, 5.74) is 9.36. The van der Waals surface area contributed by atoms with Gasteiger partial charge >= 0.3 is 0 Å². The molecule has 2 aromatic carbocycles. The molecule has 3 rings (SSSR count). The predicted molar refractivity (Wildman–Crippen MR) is 82.4 cm³/mol. The lowest BCUT2D eigenvalue weighted by Gasteiger charge is -2.11. The molecule has 0 aliphatic rings. The molecule has 0 radical (unpaired) electrons. The Hall–Kier alpha value is -2.75. The van der Waals surface area contributed by atoms with Crippen molar-refractivity contribution in [3.8, 4) is 5.75 Å². The van der Waals surface area contributed by atoms with Crippen molar-refractivity contribution in [2.75, 3.05) is 18.2 Å². The van der Waals surface area contributed by atoms with Crippen molar-refractivity contribution in [1.29, 1.82) is 0 Å². The van der Waals surface area contributed by atoms with E-state index < -0.39 is 0 Å². The van der Waals surface area contributed by atoms with Gasteiger partial charge in [-0.3, -0.25) is 4.98 Å². The first-order valence-corrected chi connectivity index (χ1v) is 6.31. The smallest absolute Gasteiger partial charge is 0.122 e. The van der Waals surface area contributed by atoms with E-state index in [0.29, 0.717) is 5.69 Å². The fourth-order valence-corrected chi connectivity index (χ4v) is 2.18. The number of nitrogen functional groups attached to an aromatic ring is 1. The Morgan fingerprint density at radius 1 is 1.10 bits per heavy atom. The first-order chi connectivity index (χ1) is 9.76. The minimum absolute atomic E-state index is 0.658. The van der Waals surface area contributed by atoms with Crippen LogP contribution in [-0.4, -0.2) is 12.1 Å². The highest BCUT2D eigenvalue weighted by molar-refractivity contribution is 5.93. The Morgan fingerprint density at radius 2 is 2.00 bits per heavy atom. The standard InChI is InChI=1S/C16H15N3O/c1-20-13-9-11(17)8-12(10-13)19-16-6-2-5-15-14(16)4-3-7-18-15/h2-10,19H,17H2,1H3. The van der Waals surface area contributed by atoms with Gasteiger partial charge in [0.2, 0.25) is 0 Å². The van der Waals surface area contributed by atoms with E-state index in [4.69, 9.17) is 10.5 Å². The van der Waals surface area contributed by atoms with E-state index in [1.54, 1.807) is 19.4 Å². The number of methoxy groups -OCH3 is 1. The van der Waals surface area contributed by atoms with Crippen molar-refractivity contribution in [3.05, 3.63) is 54.7 Å². The number of nitrogens with two attached hydrogens (primary N) is 1. The number of fused-ring (bicyclic) bond motifs is 1. The number of pyridine rings is 1. The highest BCUT2D eigenvalue weighted by Gasteiger charge is 2.03. The van der Waals surface area contributed by atoms with Crippen LogP contribution in [0.2, 0.25) is 0 Å². The molecule has 3 N–H and O–H groups in total. The summed E-state index contributed by atoms with van der Waals surface area (Å²) in [6.45, 7) is 0. The summed E-state index contributed by atoms with van der Waals surface area (Å²) in [5, 5.41) is 4.43. The summed E-state index contributed by atoms with van der Waals surface area (Å²) < 4.78 is 5.23. The molecule has 20 heavy (non-hydrogen) atoms. The maximum Gasteiger partial charge on any atom is 0.122 e. The second-order valence-corrected chi connectivity index (χ2v) is 4.50. The van der Waals surface area contributed by atoms with Crippen LogP contribution in [0.15, 0.2) is 54.7 Å². The van der Waals surface area contributed by atoms with Crippen molar-refractivity contribution in [3.63, 3.8) is 0 Å². The van der Waals surface area contributed by atoms with Gasteiger partial charge in [-0.25, -0.2) is 0 Å². The number of nitrogens with zero attached hydrogens (tertiary/aromatic N) is 1. The molecule has 3 aromatic rings. The molecule has 4 heteroatoms. The third-order valence-electron chi connectivity index (χ3n) is 3.09. The molecule has 0 saturated heterocycles. The average Bonchev–Trinajstić information content (AvgIpc) is 2.47. The van der Waals surface area contributed by atoms with Gasteiger partial charge in [0, 0.05) is 40.8 Å². The second kappa shape index (κ2) is 5.09. The number of aromatic nitrogens is 1. The Bertz CT molecular complexity index is 750. The van der Waals surface area contributed by atoms with Gasteiger partial charge in [-0.2, -0.15) is 0 Å². The summed E-state index contributed by atoms with van der Waals surface area (Å²) in [4.78, 5) is 4.35. The Balaban J connectivity index is 2.03. The summed E-state index contributed by atoms with van der Waals surface area (Å²) in [6.07, 6.45) is 1.79. The van der Waals surface area contributed by atoms with Crippen molar-refractivity contribution in [1.82, 2.24) is 4.98 Å². The summed E-state index contributed by atoms with van der Waals surface area (Å²) >= 11 is 0. The maximum absolute atomic E-state index is 5.87. The molecule has 0 bridgehead atoms. The second-order valence-electron chi connectivity index (χ2n) is 4.50. The van der Waals surface area contributed by atoms with E-state index in [1.807, 2.05) is 42.5 Å². The third kappa shape index (κ3) is 2.36. The average molecular weight is 265 g/mol.